The fourth-order valence-electron chi connectivity index (χ4n) is 1.98. The number of rotatable bonds is 8. The smallest absolute Gasteiger partial charge is 0.144 e. The van der Waals surface area contributed by atoms with Crippen LogP contribution in [0.15, 0.2) is 56.4 Å². The predicted octanol–water partition coefficient (Wildman–Crippen LogP) is 6.52. The summed E-state index contributed by atoms with van der Waals surface area (Å²) >= 11 is 3.27. The van der Waals surface area contributed by atoms with Crippen LogP contribution in [-0.4, -0.2) is 21.7 Å². The molecule has 0 radical (unpaired) electrons. The van der Waals surface area contributed by atoms with Gasteiger partial charge in [-0.15, -0.1) is 33.8 Å². The molecular weight excluding hydrogens is 340 g/mol. The van der Waals surface area contributed by atoms with Crippen LogP contribution in [0.2, 0.25) is 0 Å². The Morgan fingerprint density at radius 2 is 1.17 bits per heavy atom. The average molecular weight is 363 g/mol. The highest BCUT2D eigenvalue weighted by Crippen LogP contribution is 2.41. The summed E-state index contributed by atoms with van der Waals surface area (Å²) in [6, 6.07) is 10.6. The number of phenolic OH excluding ortho intramolecular Hbond substituents is 2. The van der Waals surface area contributed by atoms with E-state index in [4.69, 9.17) is 0 Å². The van der Waals surface area contributed by atoms with Gasteiger partial charge in [-0.25, -0.2) is 0 Å². The Balaban J connectivity index is 2.34. The van der Waals surface area contributed by atoms with E-state index in [1.807, 2.05) is 12.1 Å². The Bertz CT molecular complexity index is 646. The largest absolute Gasteiger partial charge is 0.506 e. The second-order valence-corrected chi connectivity index (χ2v) is 7.42. The van der Waals surface area contributed by atoms with Crippen LogP contribution in [0.1, 0.15) is 26.7 Å². The first-order chi connectivity index (χ1) is 11.7. The van der Waals surface area contributed by atoms with Gasteiger partial charge in [0.1, 0.15) is 22.9 Å². The minimum atomic E-state index is 0.0954. The van der Waals surface area contributed by atoms with Crippen molar-refractivity contribution in [1.82, 2.24) is 0 Å². The zero-order chi connectivity index (χ0) is 17.4. The summed E-state index contributed by atoms with van der Waals surface area (Å²) in [5.41, 5.74) is 0.899. The summed E-state index contributed by atoms with van der Waals surface area (Å²) in [6.45, 7) is 4.21. The standard InChI is InChI=1S/C18H22N2O2S2/c1-3-11-23-15-9-5-7-13(21)17(15)19-20-18-14(22)8-6-10-16(18)24-12-4-2/h5-10,21-22H,3-4,11-12H2,1-2H3/b20-19+. The maximum atomic E-state index is 10.1. The molecule has 0 saturated heterocycles. The minimum Gasteiger partial charge on any atom is -0.506 e. The van der Waals surface area contributed by atoms with Crippen LogP contribution in [0.3, 0.4) is 0 Å². The summed E-state index contributed by atoms with van der Waals surface area (Å²) < 4.78 is 0. The topological polar surface area (TPSA) is 65.2 Å². The van der Waals surface area contributed by atoms with Crippen LogP contribution < -0.4 is 0 Å². The molecule has 24 heavy (non-hydrogen) atoms. The Kier molecular flexibility index (Phi) is 7.46. The summed E-state index contributed by atoms with van der Waals surface area (Å²) in [5, 5.41) is 28.7. The molecule has 0 fully saturated rings. The molecule has 0 amide bonds. The molecule has 0 bridgehead atoms. The van der Waals surface area contributed by atoms with Crippen molar-refractivity contribution in [2.75, 3.05) is 11.5 Å². The van der Waals surface area contributed by atoms with Crippen LogP contribution in [0, 0.1) is 0 Å². The molecule has 0 aromatic heterocycles. The highest BCUT2D eigenvalue weighted by Gasteiger charge is 2.10. The molecule has 2 rings (SSSR count). The zero-order valence-electron chi connectivity index (χ0n) is 13.9. The quantitative estimate of drug-likeness (QED) is 0.414. The molecule has 6 heteroatoms. The molecule has 4 nitrogen and oxygen atoms in total. The molecule has 2 N–H and O–H groups in total. The first-order valence-corrected chi connectivity index (χ1v) is 9.95. The number of thioether (sulfide) groups is 2. The number of aromatic hydroxyl groups is 2. The highest BCUT2D eigenvalue weighted by atomic mass is 32.2. The van der Waals surface area contributed by atoms with Crippen molar-refractivity contribution in [1.29, 1.82) is 0 Å². The van der Waals surface area contributed by atoms with Crippen molar-refractivity contribution in [3.63, 3.8) is 0 Å². The molecule has 0 aliphatic carbocycles. The molecule has 0 atom stereocenters. The van der Waals surface area contributed by atoms with E-state index in [2.05, 4.69) is 24.1 Å². The summed E-state index contributed by atoms with van der Waals surface area (Å²) in [5.74, 6) is 2.08. The third kappa shape index (κ3) is 4.92. The van der Waals surface area contributed by atoms with Gasteiger partial charge >= 0.3 is 0 Å². The summed E-state index contributed by atoms with van der Waals surface area (Å²) in [7, 11) is 0. The van der Waals surface area contributed by atoms with Gasteiger partial charge in [0.2, 0.25) is 0 Å². The predicted molar refractivity (Wildman–Crippen MR) is 102 cm³/mol. The van der Waals surface area contributed by atoms with Gasteiger partial charge in [0, 0.05) is 9.79 Å². The lowest BCUT2D eigenvalue weighted by atomic mass is 10.3. The van der Waals surface area contributed by atoms with Crippen molar-refractivity contribution in [2.45, 2.75) is 36.5 Å². The van der Waals surface area contributed by atoms with Gasteiger partial charge in [-0.3, -0.25) is 0 Å². The van der Waals surface area contributed by atoms with Gasteiger partial charge in [-0.05, 0) is 48.6 Å². The van der Waals surface area contributed by atoms with Crippen molar-refractivity contribution in [3.8, 4) is 11.5 Å². The average Bonchev–Trinajstić information content (AvgIpc) is 2.58. The van der Waals surface area contributed by atoms with E-state index in [1.54, 1.807) is 47.8 Å². The van der Waals surface area contributed by atoms with Gasteiger partial charge in [0.25, 0.3) is 0 Å². The number of hydrogen-bond donors (Lipinski definition) is 2. The molecule has 2 aromatic carbocycles. The van der Waals surface area contributed by atoms with Gasteiger partial charge in [-0.2, -0.15) is 0 Å². The lowest BCUT2D eigenvalue weighted by Crippen LogP contribution is -1.80. The van der Waals surface area contributed by atoms with Crippen LogP contribution in [0.25, 0.3) is 0 Å². The van der Waals surface area contributed by atoms with Crippen molar-refractivity contribution in [3.05, 3.63) is 36.4 Å². The summed E-state index contributed by atoms with van der Waals surface area (Å²) in [6.07, 6.45) is 2.07. The number of azo groups is 1. The van der Waals surface area contributed by atoms with E-state index in [9.17, 15) is 10.2 Å². The second-order valence-electron chi connectivity index (χ2n) is 5.14. The van der Waals surface area contributed by atoms with Crippen LogP contribution in [-0.2, 0) is 0 Å². The second kappa shape index (κ2) is 9.59. The Morgan fingerprint density at radius 1 is 0.750 bits per heavy atom. The molecule has 0 aliphatic rings. The van der Waals surface area contributed by atoms with Gasteiger partial charge < -0.3 is 10.2 Å². The Morgan fingerprint density at radius 3 is 1.54 bits per heavy atom. The molecule has 128 valence electrons. The molecule has 0 saturated carbocycles. The summed E-state index contributed by atoms with van der Waals surface area (Å²) in [4.78, 5) is 1.78. The van der Waals surface area contributed by atoms with Crippen LogP contribution in [0.4, 0.5) is 11.4 Å². The third-order valence-electron chi connectivity index (χ3n) is 3.13. The van der Waals surface area contributed by atoms with Gasteiger partial charge in [0.15, 0.2) is 0 Å². The van der Waals surface area contributed by atoms with E-state index in [-0.39, 0.29) is 11.5 Å². The molecule has 0 spiro atoms. The zero-order valence-corrected chi connectivity index (χ0v) is 15.5. The Labute approximate surface area is 151 Å². The lowest BCUT2D eigenvalue weighted by Gasteiger charge is -2.08. The first-order valence-electron chi connectivity index (χ1n) is 7.98. The highest BCUT2D eigenvalue weighted by molar-refractivity contribution is 7.99. The third-order valence-corrected chi connectivity index (χ3v) is 5.63. The van der Waals surface area contributed by atoms with Crippen molar-refractivity contribution in [2.24, 2.45) is 10.2 Å². The molecule has 0 heterocycles. The van der Waals surface area contributed by atoms with E-state index >= 15 is 0 Å². The van der Waals surface area contributed by atoms with E-state index in [0.717, 1.165) is 34.1 Å². The number of benzene rings is 2. The first kappa shape index (κ1) is 18.7. The maximum absolute atomic E-state index is 10.1. The van der Waals surface area contributed by atoms with Crippen LogP contribution in [0.5, 0.6) is 11.5 Å². The Hall–Kier alpha value is -1.66. The lowest BCUT2D eigenvalue weighted by molar-refractivity contribution is 0.472. The van der Waals surface area contributed by atoms with Crippen LogP contribution >= 0.6 is 23.5 Å². The maximum Gasteiger partial charge on any atom is 0.144 e. The number of phenols is 2. The number of nitrogens with zero attached hydrogens (tertiary/aromatic N) is 2. The van der Waals surface area contributed by atoms with Crippen molar-refractivity contribution >= 4 is 34.9 Å². The van der Waals surface area contributed by atoms with Gasteiger partial charge in [-0.1, -0.05) is 26.0 Å². The van der Waals surface area contributed by atoms with E-state index < -0.39 is 0 Å². The van der Waals surface area contributed by atoms with E-state index in [1.165, 1.54) is 0 Å². The normalized spacial score (nSPS) is 11.2. The molecule has 0 aliphatic heterocycles. The molecular formula is C18H22N2O2S2. The van der Waals surface area contributed by atoms with Gasteiger partial charge in [0.05, 0.1) is 0 Å². The van der Waals surface area contributed by atoms with Crippen molar-refractivity contribution < 1.29 is 10.2 Å². The molecule has 2 aromatic rings. The fourth-order valence-corrected chi connectivity index (χ4v) is 3.74. The van der Waals surface area contributed by atoms with E-state index in [0.29, 0.717) is 11.4 Å². The molecule has 0 unspecified atom stereocenters. The monoisotopic (exact) mass is 362 g/mol. The minimum absolute atomic E-state index is 0.0954. The SMILES string of the molecule is CCCSc1cccc(O)c1/N=N/c1c(O)cccc1SCCC. The fraction of sp³-hybridized carbons (Fsp3) is 0.333. The number of hydrogen-bond acceptors (Lipinski definition) is 6.